The lowest BCUT2D eigenvalue weighted by atomic mass is 10.2. The molecule has 0 unspecified atom stereocenters. The van der Waals surface area contributed by atoms with Crippen LogP contribution in [0.15, 0.2) is 18.2 Å². The first-order valence-corrected chi connectivity index (χ1v) is 4.98. The zero-order chi connectivity index (χ0) is 15.6. The molecule has 0 aliphatic heterocycles. The van der Waals surface area contributed by atoms with Crippen LogP contribution in [-0.2, 0) is 0 Å². The lowest BCUT2D eigenvalue weighted by Crippen LogP contribution is -2.46. The van der Waals surface area contributed by atoms with E-state index in [1.807, 2.05) is 0 Å². The van der Waals surface area contributed by atoms with Crippen molar-refractivity contribution in [3.8, 4) is 17.6 Å². The Morgan fingerprint density at radius 2 is 1.65 bits per heavy atom. The summed E-state index contributed by atoms with van der Waals surface area (Å²) in [5.74, 6) is -0.895. The van der Waals surface area contributed by atoms with Gasteiger partial charge in [-0.25, -0.2) is 0 Å². The van der Waals surface area contributed by atoms with Gasteiger partial charge >= 0.3 is 12.4 Å². The zero-order valence-electron chi connectivity index (χ0n) is 9.84. The Bertz CT molecular complexity index is 503. The highest BCUT2D eigenvalue weighted by Gasteiger charge is 2.59. The van der Waals surface area contributed by atoms with Gasteiger partial charge in [0.2, 0.25) is 0 Å². The molecule has 0 aliphatic rings. The molecular formula is C11H7F6NO2. The maximum Gasteiger partial charge on any atom is 0.434 e. The number of ether oxygens (including phenoxy) is 2. The molecule has 110 valence electrons. The summed E-state index contributed by atoms with van der Waals surface area (Å²) < 4.78 is 82.8. The molecule has 0 spiro atoms. The molecule has 20 heavy (non-hydrogen) atoms. The second-order valence-corrected chi connectivity index (χ2v) is 3.56. The van der Waals surface area contributed by atoms with Crippen LogP contribution < -0.4 is 9.47 Å². The molecule has 0 bridgehead atoms. The number of benzene rings is 1. The van der Waals surface area contributed by atoms with Crippen LogP contribution in [0.1, 0.15) is 5.56 Å². The first-order valence-electron chi connectivity index (χ1n) is 4.98. The molecule has 0 fully saturated rings. The molecular weight excluding hydrogens is 292 g/mol. The first kappa shape index (κ1) is 15.9. The molecule has 0 radical (unpaired) electrons. The fraction of sp³-hybridized carbons (Fsp3) is 0.364. The van der Waals surface area contributed by atoms with E-state index in [1.54, 1.807) is 0 Å². The molecule has 1 rings (SSSR count). The van der Waals surface area contributed by atoms with Gasteiger partial charge in [0.15, 0.2) is 0 Å². The van der Waals surface area contributed by atoms with Crippen LogP contribution in [-0.4, -0.2) is 25.6 Å². The van der Waals surface area contributed by atoms with Crippen molar-refractivity contribution in [2.45, 2.75) is 18.5 Å². The quantitative estimate of drug-likeness (QED) is 0.803. The number of methoxy groups -OCH3 is 1. The van der Waals surface area contributed by atoms with E-state index in [-0.39, 0.29) is 5.75 Å². The van der Waals surface area contributed by atoms with Gasteiger partial charge < -0.3 is 9.47 Å². The van der Waals surface area contributed by atoms with Gasteiger partial charge in [-0.15, -0.1) is 0 Å². The average Bonchev–Trinajstić information content (AvgIpc) is 2.32. The lowest BCUT2D eigenvalue weighted by molar-refractivity contribution is -0.299. The molecule has 3 nitrogen and oxygen atoms in total. The number of rotatable bonds is 3. The highest BCUT2D eigenvalue weighted by atomic mass is 19.4. The highest BCUT2D eigenvalue weighted by molar-refractivity contribution is 5.47. The summed E-state index contributed by atoms with van der Waals surface area (Å²) in [6.07, 6.45) is -15.3. The molecule has 0 atom stereocenters. The fourth-order valence-corrected chi connectivity index (χ4v) is 1.27. The molecule has 0 heterocycles. The summed E-state index contributed by atoms with van der Waals surface area (Å²) in [6.45, 7) is 0. The highest BCUT2D eigenvalue weighted by Crippen LogP contribution is 2.38. The molecule has 0 N–H and O–H groups in total. The second kappa shape index (κ2) is 5.48. The van der Waals surface area contributed by atoms with Crippen LogP contribution in [0, 0.1) is 11.3 Å². The van der Waals surface area contributed by atoms with Gasteiger partial charge in [0.1, 0.15) is 17.6 Å². The smallest absolute Gasteiger partial charge is 0.434 e. The maximum absolute atomic E-state index is 12.4. The van der Waals surface area contributed by atoms with Crippen LogP contribution in [0.2, 0.25) is 0 Å². The Hall–Kier alpha value is -2.11. The average molecular weight is 299 g/mol. The SMILES string of the molecule is COc1ccc(C#N)c(OC(C(F)(F)F)C(F)(F)F)c1. The maximum atomic E-state index is 12.4. The topological polar surface area (TPSA) is 42.2 Å². The van der Waals surface area contributed by atoms with Crippen LogP contribution in [0.4, 0.5) is 26.3 Å². The van der Waals surface area contributed by atoms with E-state index in [4.69, 9.17) is 5.26 Å². The van der Waals surface area contributed by atoms with Crippen LogP contribution >= 0.6 is 0 Å². The third-order valence-electron chi connectivity index (χ3n) is 2.15. The van der Waals surface area contributed by atoms with Crippen molar-refractivity contribution in [1.29, 1.82) is 5.26 Å². The van der Waals surface area contributed by atoms with Crippen LogP contribution in [0.25, 0.3) is 0 Å². The van der Waals surface area contributed by atoms with Crippen molar-refractivity contribution in [3.63, 3.8) is 0 Å². The predicted molar refractivity (Wildman–Crippen MR) is 54.2 cm³/mol. The minimum Gasteiger partial charge on any atom is -0.497 e. The monoisotopic (exact) mass is 299 g/mol. The van der Waals surface area contributed by atoms with Crippen LogP contribution in [0.3, 0.4) is 0 Å². The van der Waals surface area contributed by atoms with Gasteiger partial charge in [-0.1, -0.05) is 0 Å². The molecule has 0 aliphatic carbocycles. The Labute approximate surface area is 109 Å². The molecule has 9 heteroatoms. The van der Waals surface area contributed by atoms with Crippen molar-refractivity contribution in [3.05, 3.63) is 23.8 Å². The van der Waals surface area contributed by atoms with Gasteiger partial charge in [-0.3, -0.25) is 0 Å². The molecule has 0 saturated heterocycles. The standard InChI is InChI=1S/C11H7F6NO2/c1-19-7-3-2-6(5-18)8(4-7)20-9(10(12,13)14)11(15,16)17/h2-4,9H,1H3. The van der Waals surface area contributed by atoms with Gasteiger partial charge in [-0.05, 0) is 12.1 Å². The van der Waals surface area contributed by atoms with Crippen LogP contribution in [0.5, 0.6) is 11.5 Å². The van der Waals surface area contributed by atoms with E-state index >= 15 is 0 Å². The minimum atomic E-state index is -5.66. The Kier molecular flexibility index (Phi) is 4.37. The van der Waals surface area contributed by atoms with E-state index in [2.05, 4.69) is 9.47 Å². The van der Waals surface area contributed by atoms with Gasteiger partial charge in [0.05, 0.1) is 12.7 Å². The van der Waals surface area contributed by atoms with Gasteiger partial charge in [-0.2, -0.15) is 31.6 Å². The third kappa shape index (κ3) is 3.69. The number of nitrogens with zero attached hydrogens (tertiary/aromatic N) is 1. The van der Waals surface area contributed by atoms with Gasteiger partial charge in [0.25, 0.3) is 6.10 Å². The van der Waals surface area contributed by atoms with E-state index < -0.39 is 29.8 Å². The Balaban J connectivity index is 3.21. The van der Waals surface area contributed by atoms with Gasteiger partial charge in [0, 0.05) is 6.07 Å². The summed E-state index contributed by atoms with van der Waals surface area (Å²) in [5.41, 5.74) is -0.468. The summed E-state index contributed by atoms with van der Waals surface area (Å²) in [7, 11) is 1.16. The Morgan fingerprint density at radius 3 is 2.05 bits per heavy atom. The van der Waals surface area contributed by atoms with E-state index in [0.29, 0.717) is 0 Å². The fourth-order valence-electron chi connectivity index (χ4n) is 1.27. The van der Waals surface area contributed by atoms with Crippen molar-refractivity contribution in [2.24, 2.45) is 0 Å². The summed E-state index contributed by atoms with van der Waals surface area (Å²) in [4.78, 5) is 0. The molecule has 1 aromatic rings. The first-order chi connectivity index (χ1) is 9.09. The number of hydrogen-bond donors (Lipinski definition) is 0. The second-order valence-electron chi connectivity index (χ2n) is 3.56. The molecule has 0 amide bonds. The Morgan fingerprint density at radius 1 is 1.10 bits per heavy atom. The molecule has 0 aromatic heterocycles. The summed E-state index contributed by atoms with van der Waals surface area (Å²) in [6, 6.07) is 4.43. The normalized spacial score (nSPS) is 12.2. The predicted octanol–water partition coefficient (Wildman–Crippen LogP) is 3.44. The van der Waals surface area contributed by atoms with Crippen molar-refractivity contribution < 1.29 is 35.8 Å². The third-order valence-corrected chi connectivity index (χ3v) is 2.15. The van der Waals surface area contributed by atoms with E-state index in [9.17, 15) is 26.3 Å². The molecule has 0 saturated carbocycles. The van der Waals surface area contributed by atoms with E-state index in [1.165, 1.54) is 12.1 Å². The van der Waals surface area contributed by atoms with Crippen molar-refractivity contribution >= 4 is 0 Å². The van der Waals surface area contributed by atoms with Crippen molar-refractivity contribution in [1.82, 2.24) is 0 Å². The zero-order valence-corrected chi connectivity index (χ0v) is 9.84. The summed E-state index contributed by atoms with van der Waals surface area (Å²) >= 11 is 0. The number of halogens is 6. The van der Waals surface area contributed by atoms with Crippen molar-refractivity contribution in [2.75, 3.05) is 7.11 Å². The van der Waals surface area contributed by atoms with E-state index in [0.717, 1.165) is 19.2 Å². The largest absolute Gasteiger partial charge is 0.497 e. The summed E-state index contributed by atoms with van der Waals surface area (Å²) in [5, 5.41) is 8.67. The molecule has 1 aromatic carbocycles. The number of alkyl halides is 6. The number of hydrogen-bond acceptors (Lipinski definition) is 3. The number of nitriles is 1. The minimum absolute atomic E-state index is 0.0397. The lowest BCUT2D eigenvalue weighted by Gasteiger charge is -2.24.